The molecule has 0 aliphatic carbocycles. The second kappa shape index (κ2) is 8.08. The summed E-state index contributed by atoms with van der Waals surface area (Å²) in [5.74, 6) is 0.494. The monoisotopic (exact) mass is 334 g/mol. The number of nitrogens with zero attached hydrogens (tertiary/aromatic N) is 1. The average molecular weight is 334 g/mol. The van der Waals surface area contributed by atoms with Crippen LogP contribution in [-0.4, -0.2) is 28.6 Å². The molecule has 0 aliphatic rings. The number of carbonyl (C=O) groups is 1. The molecule has 1 amide bonds. The molecule has 1 heterocycles. The predicted molar refractivity (Wildman–Crippen MR) is 91.0 cm³/mol. The second-order valence-corrected chi connectivity index (χ2v) is 6.55. The number of amides is 1. The van der Waals surface area contributed by atoms with Crippen LogP contribution in [0, 0.1) is 0 Å². The van der Waals surface area contributed by atoms with Gasteiger partial charge in [0.1, 0.15) is 10.6 Å². The van der Waals surface area contributed by atoms with Crippen molar-refractivity contribution < 1.29 is 14.6 Å². The van der Waals surface area contributed by atoms with E-state index >= 15 is 0 Å². The zero-order valence-corrected chi connectivity index (χ0v) is 14.4. The summed E-state index contributed by atoms with van der Waals surface area (Å²) in [5.41, 5.74) is 0.710. The van der Waals surface area contributed by atoms with Gasteiger partial charge < -0.3 is 15.2 Å². The molecule has 5 nitrogen and oxygen atoms in total. The van der Waals surface area contributed by atoms with Crippen molar-refractivity contribution in [3.63, 3.8) is 0 Å². The number of benzene rings is 1. The van der Waals surface area contributed by atoms with Crippen LogP contribution in [0.3, 0.4) is 0 Å². The Bertz CT molecular complexity index is 655. The second-order valence-electron chi connectivity index (χ2n) is 5.44. The number of hydrogen-bond acceptors (Lipinski definition) is 5. The molecule has 0 fully saturated rings. The standard InChI is InChI=1S/C17H22N2O3S/c1-4-16-18-10-15(23-16)17(21)19-9-14(20)12-6-5-7-13(8-12)22-11(2)3/h5-8,10-11,14,20H,4,9H2,1-3H3,(H,19,21). The van der Waals surface area contributed by atoms with Gasteiger partial charge in [-0.15, -0.1) is 11.3 Å². The Morgan fingerprint density at radius 2 is 2.22 bits per heavy atom. The Morgan fingerprint density at radius 1 is 1.43 bits per heavy atom. The minimum Gasteiger partial charge on any atom is -0.491 e. The van der Waals surface area contributed by atoms with Crippen LogP contribution in [0.4, 0.5) is 0 Å². The third kappa shape index (κ3) is 5.04. The SMILES string of the molecule is CCc1ncc(C(=O)NCC(O)c2cccc(OC(C)C)c2)s1. The quantitative estimate of drug-likeness (QED) is 0.816. The van der Waals surface area contributed by atoms with Crippen molar-refractivity contribution in [3.05, 3.63) is 45.9 Å². The Hall–Kier alpha value is -1.92. The summed E-state index contributed by atoms with van der Waals surface area (Å²) in [6.07, 6.45) is 1.67. The molecule has 1 unspecified atom stereocenters. The number of aryl methyl sites for hydroxylation is 1. The fourth-order valence-corrected chi connectivity index (χ4v) is 2.81. The van der Waals surface area contributed by atoms with Gasteiger partial charge in [-0.25, -0.2) is 4.98 Å². The molecule has 0 saturated carbocycles. The van der Waals surface area contributed by atoms with Crippen LogP contribution < -0.4 is 10.1 Å². The number of carbonyl (C=O) groups excluding carboxylic acids is 1. The largest absolute Gasteiger partial charge is 0.491 e. The molecular weight excluding hydrogens is 312 g/mol. The van der Waals surface area contributed by atoms with E-state index in [2.05, 4.69) is 10.3 Å². The van der Waals surface area contributed by atoms with Crippen molar-refractivity contribution in [2.75, 3.05) is 6.54 Å². The number of nitrogens with one attached hydrogen (secondary N) is 1. The summed E-state index contributed by atoms with van der Waals surface area (Å²) in [5, 5.41) is 13.9. The van der Waals surface area contributed by atoms with Gasteiger partial charge >= 0.3 is 0 Å². The zero-order valence-electron chi connectivity index (χ0n) is 13.6. The normalized spacial score (nSPS) is 12.2. The lowest BCUT2D eigenvalue weighted by Crippen LogP contribution is -2.27. The van der Waals surface area contributed by atoms with E-state index in [0.717, 1.165) is 11.4 Å². The molecule has 2 aromatic rings. The van der Waals surface area contributed by atoms with Crippen LogP contribution in [0.15, 0.2) is 30.5 Å². The molecule has 0 radical (unpaired) electrons. The third-order valence-corrected chi connectivity index (χ3v) is 4.29. The minimum absolute atomic E-state index is 0.0705. The zero-order chi connectivity index (χ0) is 16.8. The van der Waals surface area contributed by atoms with Crippen LogP contribution in [-0.2, 0) is 6.42 Å². The first kappa shape index (κ1) is 17.4. The Morgan fingerprint density at radius 3 is 2.87 bits per heavy atom. The van der Waals surface area contributed by atoms with Crippen molar-refractivity contribution in [2.45, 2.75) is 39.4 Å². The average Bonchev–Trinajstić information content (AvgIpc) is 3.01. The molecule has 2 rings (SSSR count). The highest BCUT2D eigenvalue weighted by atomic mass is 32.1. The molecule has 23 heavy (non-hydrogen) atoms. The van der Waals surface area contributed by atoms with Crippen LogP contribution >= 0.6 is 11.3 Å². The maximum atomic E-state index is 12.0. The summed E-state index contributed by atoms with van der Waals surface area (Å²) >= 11 is 1.37. The number of hydrogen-bond donors (Lipinski definition) is 2. The Labute approximate surface area is 140 Å². The van der Waals surface area contributed by atoms with E-state index in [0.29, 0.717) is 16.2 Å². The van der Waals surface area contributed by atoms with Gasteiger partial charge in [-0.2, -0.15) is 0 Å². The first-order valence-electron chi connectivity index (χ1n) is 7.67. The molecule has 0 saturated heterocycles. The van der Waals surface area contributed by atoms with E-state index in [1.165, 1.54) is 11.3 Å². The number of rotatable bonds is 7. The molecule has 0 bridgehead atoms. The Kier molecular flexibility index (Phi) is 6.12. The van der Waals surface area contributed by atoms with E-state index in [4.69, 9.17) is 4.74 Å². The van der Waals surface area contributed by atoms with Crippen molar-refractivity contribution in [1.29, 1.82) is 0 Å². The van der Waals surface area contributed by atoms with Crippen LogP contribution in [0.5, 0.6) is 5.75 Å². The van der Waals surface area contributed by atoms with E-state index in [-0.39, 0.29) is 18.6 Å². The highest BCUT2D eigenvalue weighted by molar-refractivity contribution is 7.13. The number of aliphatic hydroxyl groups excluding tert-OH is 1. The topological polar surface area (TPSA) is 71.5 Å². The predicted octanol–water partition coefficient (Wildman–Crippen LogP) is 2.96. The van der Waals surface area contributed by atoms with E-state index in [9.17, 15) is 9.90 Å². The summed E-state index contributed by atoms with van der Waals surface area (Å²) in [4.78, 5) is 16.8. The maximum absolute atomic E-state index is 12.0. The van der Waals surface area contributed by atoms with Gasteiger partial charge in [0, 0.05) is 6.54 Å². The molecule has 6 heteroatoms. The fraction of sp³-hybridized carbons (Fsp3) is 0.412. The van der Waals surface area contributed by atoms with Crippen molar-refractivity contribution in [3.8, 4) is 5.75 Å². The van der Waals surface area contributed by atoms with E-state index in [1.807, 2.05) is 39.0 Å². The number of thiazole rings is 1. The fourth-order valence-electron chi connectivity index (χ4n) is 2.04. The van der Waals surface area contributed by atoms with Gasteiger partial charge in [0.15, 0.2) is 0 Å². The number of ether oxygens (including phenoxy) is 1. The molecule has 0 aliphatic heterocycles. The third-order valence-electron chi connectivity index (χ3n) is 3.15. The highest BCUT2D eigenvalue weighted by Crippen LogP contribution is 2.20. The smallest absolute Gasteiger partial charge is 0.263 e. The van der Waals surface area contributed by atoms with E-state index < -0.39 is 6.10 Å². The molecular formula is C17H22N2O3S. The molecule has 2 N–H and O–H groups in total. The molecule has 0 spiro atoms. The minimum atomic E-state index is -0.784. The molecule has 1 aromatic carbocycles. The molecule has 1 atom stereocenters. The number of aromatic nitrogens is 1. The van der Waals surface area contributed by atoms with Crippen molar-refractivity contribution in [2.24, 2.45) is 0 Å². The van der Waals surface area contributed by atoms with Gasteiger partial charge in [0.05, 0.1) is 23.4 Å². The van der Waals surface area contributed by atoms with Gasteiger partial charge in [-0.3, -0.25) is 4.79 Å². The summed E-state index contributed by atoms with van der Waals surface area (Å²) in [6.45, 7) is 6.03. The summed E-state index contributed by atoms with van der Waals surface area (Å²) in [6, 6.07) is 7.28. The van der Waals surface area contributed by atoms with Crippen molar-refractivity contribution >= 4 is 17.2 Å². The van der Waals surface area contributed by atoms with Gasteiger partial charge in [0.25, 0.3) is 5.91 Å². The van der Waals surface area contributed by atoms with Crippen LogP contribution in [0.1, 0.15) is 47.1 Å². The Balaban J connectivity index is 1.93. The van der Waals surface area contributed by atoms with Gasteiger partial charge in [0.2, 0.25) is 0 Å². The summed E-state index contributed by atoms with van der Waals surface area (Å²) in [7, 11) is 0. The molecule has 124 valence electrons. The first-order valence-corrected chi connectivity index (χ1v) is 8.48. The van der Waals surface area contributed by atoms with Gasteiger partial charge in [-0.05, 0) is 38.0 Å². The first-order chi connectivity index (χ1) is 11.0. The lowest BCUT2D eigenvalue weighted by Gasteiger charge is -2.14. The lowest BCUT2D eigenvalue weighted by atomic mass is 10.1. The lowest BCUT2D eigenvalue weighted by molar-refractivity contribution is 0.0920. The molecule has 1 aromatic heterocycles. The maximum Gasteiger partial charge on any atom is 0.263 e. The number of aliphatic hydroxyl groups is 1. The van der Waals surface area contributed by atoms with Crippen molar-refractivity contribution in [1.82, 2.24) is 10.3 Å². The van der Waals surface area contributed by atoms with Crippen LogP contribution in [0.2, 0.25) is 0 Å². The highest BCUT2D eigenvalue weighted by Gasteiger charge is 2.14. The van der Waals surface area contributed by atoms with Gasteiger partial charge in [-0.1, -0.05) is 19.1 Å². The summed E-state index contributed by atoms with van der Waals surface area (Å²) < 4.78 is 5.61. The van der Waals surface area contributed by atoms with E-state index in [1.54, 1.807) is 12.3 Å². The van der Waals surface area contributed by atoms with Crippen LogP contribution in [0.25, 0.3) is 0 Å².